The van der Waals surface area contributed by atoms with E-state index in [0.717, 1.165) is 16.6 Å². The van der Waals surface area contributed by atoms with E-state index in [0.29, 0.717) is 17.1 Å². The van der Waals surface area contributed by atoms with E-state index in [4.69, 9.17) is 5.73 Å². The lowest BCUT2D eigenvalue weighted by Crippen LogP contribution is -2.35. The van der Waals surface area contributed by atoms with Gasteiger partial charge >= 0.3 is 6.03 Å². The molecule has 4 aromatic rings. The van der Waals surface area contributed by atoms with E-state index in [1.165, 1.54) is 24.3 Å². The summed E-state index contributed by atoms with van der Waals surface area (Å²) in [4.78, 5) is 28.1. The fourth-order valence-electron chi connectivity index (χ4n) is 3.14. The number of carbonyl (C=O) groups is 2. The van der Waals surface area contributed by atoms with Gasteiger partial charge in [-0.25, -0.2) is 14.2 Å². The van der Waals surface area contributed by atoms with Crippen LogP contribution in [0.25, 0.3) is 16.6 Å². The second-order valence-corrected chi connectivity index (χ2v) is 6.67. The van der Waals surface area contributed by atoms with E-state index < -0.39 is 11.9 Å². The number of imide groups is 1. The van der Waals surface area contributed by atoms with Gasteiger partial charge in [0.1, 0.15) is 11.6 Å². The van der Waals surface area contributed by atoms with Gasteiger partial charge in [0, 0.05) is 29.2 Å². The molecule has 7 nitrogen and oxygen atoms in total. The van der Waals surface area contributed by atoms with E-state index in [9.17, 15) is 14.0 Å². The van der Waals surface area contributed by atoms with E-state index in [1.807, 2.05) is 35.0 Å². The highest BCUT2D eigenvalue weighted by molar-refractivity contribution is 6.01. The second-order valence-electron chi connectivity index (χ2n) is 6.67. The molecule has 2 aromatic carbocycles. The van der Waals surface area contributed by atoms with Crippen LogP contribution >= 0.6 is 0 Å². The molecule has 0 atom stereocenters. The van der Waals surface area contributed by atoms with Crippen molar-refractivity contribution < 1.29 is 14.0 Å². The topological polar surface area (TPSA) is 102 Å². The van der Waals surface area contributed by atoms with E-state index in [2.05, 4.69) is 15.6 Å². The molecular weight excluding hydrogens is 385 g/mol. The number of nitrogens with two attached hydrogens (primary N) is 1. The minimum Gasteiger partial charge on any atom is -0.383 e. The number of amides is 3. The lowest BCUT2D eigenvalue weighted by atomic mass is 10.1. The monoisotopic (exact) mass is 403 g/mol. The predicted octanol–water partition coefficient (Wildman–Crippen LogP) is 3.64. The first-order valence-corrected chi connectivity index (χ1v) is 9.17. The highest BCUT2D eigenvalue weighted by Crippen LogP contribution is 2.24. The van der Waals surface area contributed by atoms with Crippen LogP contribution in [0.3, 0.4) is 0 Å². The third-order valence-corrected chi connectivity index (χ3v) is 4.58. The molecule has 4 N–H and O–H groups in total. The molecule has 150 valence electrons. The largest absolute Gasteiger partial charge is 0.383 e. The first-order valence-electron chi connectivity index (χ1n) is 9.17. The van der Waals surface area contributed by atoms with Gasteiger partial charge in [-0.15, -0.1) is 0 Å². The Balaban J connectivity index is 1.39. The number of nitrogens with zero attached hydrogens (tertiary/aromatic N) is 2. The Morgan fingerprint density at radius 3 is 2.47 bits per heavy atom. The lowest BCUT2D eigenvalue weighted by molar-refractivity contribution is -0.119. The molecule has 0 aliphatic rings. The minimum atomic E-state index is -0.639. The van der Waals surface area contributed by atoms with Crippen molar-refractivity contribution in [3.63, 3.8) is 0 Å². The first-order chi connectivity index (χ1) is 14.5. The number of hydrogen-bond acceptors (Lipinski definition) is 4. The number of hydrogen-bond donors (Lipinski definition) is 3. The number of halogens is 1. The zero-order valence-corrected chi connectivity index (χ0v) is 15.8. The molecular formula is C22H18FN5O2. The molecule has 0 radical (unpaired) electrons. The maximum absolute atomic E-state index is 12.9. The maximum atomic E-state index is 12.9. The van der Waals surface area contributed by atoms with Gasteiger partial charge in [0.15, 0.2) is 0 Å². The van der Waals surface area contributed by atoms with Crippen molar-refractivity contribution >= 4 is 34.3 Å². The van der Waals surface area contributed by atoms with Gasteiger partial charge in [-0.2, -0.15) is 0 Å². The van der Waals surface area contributed by atoms with Gasteiger partial charge in [-0.1, -0.05) is 12.1 Å². The summed E-state index contributed by atoms with van der Waals surface area (Å²) in [7, 11) is 0. The van der Waals surface area contributed by atoms with Gasteiger partial charge in [-0.05, 0) is 54.1 Å². The Morgan fingerprint density at radius 2 is 1.73 bits per heavy atom. The Labute approximate surface area is 171 Å². The molecule has 0 saturated heterocycles. The van der Waals surface area contributed by atoms with Crippen LogP contribution in [0.5, 0.6) is 0 Å². The van der Waals surface area contributed by atoms with Crippen LogP contribution in [-0.2, 0) is 11.2 Å². The van der Waals surface area contributed by atoms with Crippen LogP contribution in [0.2, 0.25) is 0 Å². The number of benzene rings is 2. The van der Waals surface area contributed by atoms with Crippen LogP contribution in [-0.4, -0.2) is 21.5 Å². The highest BCUT2D eigenvalue weighted by atomic mass is 19.1. The molecule has 2 heterocycles. The summed E-state index contributed by atoms with van der Waals surface area (Å²) >= 11 is 0. The number of carbonyl (C=O) groups excluding carboxylic acids is 2. The molecule has 0 fully saturated rings. The van der Waals surface area contributed by atoms with Crippen molar-refractivity contribution in [2.45, 2.75) is 6.42 Å². The second kappa shape index (κ2) is 8.04. The normalized spacial score (nSPS) is 10.7. The van der Waals surface area contributed by atoms with Gasteiger partial charge in [0.25, 0.3) is 0 Å². The summed E-state index contributed by atoms with van der Waals surface area (Å²) in [5, 5.41) is 5.73. The number of fused-ring (bicyclic) bond motifs is 1. The summed E-state index contributed by atoms with van der Waals surface area (Å²) in [6.07, 6.45) is 3.52. The zero-order chi connectivity index (χ0) is 21.1. The lowest BCUT2D eigenvalue weighted by Gasteiger charge is -2.09. The van der Waals surface area contributed by atoms with Gasteiger partial charge in [0.05, 0.1) is 11.9 Å². The molecule has 0 bridgehead atoms. The maximum Gasteiger partial charge on any atom is 0.325 e. The minimum absolute atomic E-state index is 0.0225. The Hall–Kier alpha value is -4.20. The quantitative estimate of drug-likeness (QED) is 0.484. The first kappa shape index (κ1) is 19.1. The Bertz CT molecular complexity index is 1220. The third-order valence-electron chi connectivity index (χ3n) is 4.58. The fraction of sp³-hybridized carbons (Fsp3) is 0.0455. The molecule has 0 aliphatic carbocycles. The van der Waals surface area contributed by atoms with E-state index in [-0.39, 0.29) is 12.2 Å². The van der Waals surface area contributed by atoms with E-state index in [1.54, 1.807) is 18.3 Å². The third kappa shape index (κ3) is 4.12. The fourth-order valence-corrected chi connectivity index (χ4v) is 3.14. The SMILES string of the molecule is Nc1nccc2c1ccn2-c1ccc(NC(=O)NC(=O)Cc2ccc(F)cc2)cc1. The van der Waals surface area contributed by atoms with Crippen molar-refractivity contribution in [3.8, 4) is 5.69 Å². The van der Waals surface area contributed by atoms with Crippen LogP contribution < -0.4 is 16.4 Å². The number of pyridine rings is 1. The average Bonchev–Trinajstić information content (AvgIpc) is 3.16. The molecule has 4 rings (SSSR count). The summed E-state index contributed by atoms with van der Waals surface area (Å²) < 4.78 is 14.9. The summed E-state index contributed by atoms with van der Waals surface area (Å²) in [6.45, 7) is 0. The van der Waals surface area contributed by atoms with Crippen LogP contribution in [0.15, 0.2) is 73.1 Å². The van der Waals surface area contributed by atoms with Gasteiger partial charge in [-0.3, -0.25) is 10.1 Å². The predicted molar refractivity (Wildman–Crippen MR) is 113 cm³/mol. The number of anilines is 2. The number of rotatable bonds is 4. The summed E-state index contributed by atoms with van der Waals surface area (Å²) in [5.74, 6) is -0.402. The molecule has 30 heavy (non-hydrogen) atoms. The molecule has 8 heteroatoms. The molecule has 0 unspecified atom stereocenters. The molecule has 0 saturated carbocycles. The summed E-state index contributed by atoms with van der Waals surface area (Å²) in [5.41, 5.74) is 8.85. The van der Waals surface area contributed by atoms with Crippen molar-refractivity contribution in [3.05, 3.63) is 84.4 Å². The molecule has 3 amide bonds. The number of nitrogen functional groups attached to an aromatic ring is 1. The summed E-state index contributed by atoms with van der Waals surface area (Å²) in [6, 6.07) is 15.8. The van der Waals surface area contributed by atoms with Crippen LogP contribution in [0, 0.1) is 5.82 Å². The van der Waals surface area contributed by atoms with Crippen molar-refractivity contribution in [1.82, 2.24) is 14.9 Å². The standard InChI is InChI=1S/C22H18FN5O2/c23-15-3-1-14(2-4-15)13-20(29)27-22(30)26-16-5-7-17(8-6-16)28-12-10-18-19(28)9-11-25-21(18)24/h1-12H,13H2,(H2,24,25)(H2,26,27,29,30). The molecule has 2 aromatic heterocycles. The highest BCUT2D eigenvalue weighted by Gasteiger charge is 2.10. The average molecular weight is 403 g/mol. The zero-order valence-electron chi connectivity index (χ0n) is 15.8. The van der Waals surface area contributed by atoms with Crippen LogP contribution in [0.1, 0.15) is 5.56 Å². The molecule has 0 spiro atoms. The molecule has 0 aliphatic heterocycles. The Morgan fingerprint density at radius 1 is 1.00 bits per heavy atom. The number of nitrogens with one attached hydrogen (secondary N) is 2. The van der Waals surface area contributed by atoms with Gasteiger partial charge < -0.3 is 15.6 Å². The van der Waals surface area contributed by atoms with Crippen molar-refractivity contribution in [1.29, 1.82) is 0 Å². The van der Waals surface area contributed by atoms with Crippen molar-refractivity contribution in [2.75, 3.05) is 11.1 Å². The van der Waals surface area contributed by atoms with Crippen LogP contribution in [0.4, 0.5) is 20.7 Å². The smallest absolute Gasteiger partial charge is 0.325 e. The van der Waals surface area contributed by atoms with Crippen molar-refractivity contribution in [2.24, 2.45) is 0 Å². The number of urea groups is 1. The Kier molecular flexibility index (Phi) is 5.13. The van der Waals surface area contributed by atoms with E-state index >= 15 is 0 Å². The van der Waals surface area contributed by atoms with Gasteiger partial charge in [0.2, 0.25) is 5.91 Å². The number of aromatic nitrogens is 2.